The maximum absolute atomic E-state index is 12.2. The molecule has 0 aliphatic carbocycles. The number of nitrogens with one attached hydrogen (secondary N) is 1. The summed E-state index contributed by atoms with van der Waals surface area (Å²) in [6, 6.07) is 13.1. The molecule has 0 fully saturated rings. The van der Waals surface area contributed by atoms with Crippen molar-refractivity contribution in [3.63, 3.8) is 0 Å². The van der Waals surface area contributed by atoms with Gasteiger partial charge in [0.15, 0.2) is 0 Å². The van der Waals surface area contributed by atoms with Gasteiger partial charge in [-0.05, 0) is 54.8 Å². The summed E-state index contributed by atoms with van der Waals surface area (Å²) in [5, 5.41) is 11.7. The van der Waals surface area contributed by atoms with E-state index >= 15 is 0 Å². The second kappa shape index (κ2) is 6.68. The molecule has 2 rings (SSSR count). The number of aliphatic hydroxyl groups excluding tert-OH is 1. The van der Waals surface area contributed by atoms with E-state index in [1.807, 2.05) is 43.3 Å². The monoisotopic (exact) mass is 333 g/mol. The van der Waals surface area contributed by atoms with Crippen molar-refractivity contribution < 1.29 is 9.90 Å². The van der Waals surface area contributed by atoms with E-state index in [0.29, 0.717) is 12.0 Å². The number of hydrogen-bond donors (Lipinski definition) is 2. The van der Waals surface area contributed by atoms with E-state index in [-0.39, 0.29) is 12.5 Å². The first kappa shape index (κ1) is 14.8. The van der Waals surface area contributed by atoms with Crippen LogP contribution in [0.15, 0.2) is 46.9 Å². The molecule has 2 N–H and O–H groups in total. The van der Waals surface area contributed by atoms with Crippen LogP contribution in [0, 0.1) is 6.92 Å². The molecule has 0 unspecified atom stereocenters. The molecule has 0 atom stereocenters. The van der Waals surface area contributed by atoms with Crippen molar-refractivity contribution in [3.05, 3.63) is 63.6 Å². The Labute approximate surface area is 126 Å². The van der Waals surface area contributed by atoms with Gasteiger partial charge in [0, 0.05) is 22.3 Å². The molecule has 0 aliphatic heterocycles. The van der Waals surface area contributed by atoms with Crippen LogP contribution in [0.3, 0.4) is 0 Å². The lowest BCUT2D eigenvalue weighted by Gasteiger charge is -2.08. The van der Waals surface area contributed by atoms with Gasteiger partial charge >= 0.3 is 0 Å². The van der Waals surface area contributed by atoms with Crippen molar-refractivity contribution in [2.45, 2.75) is 13.3 Å². The van der Waals surface area contributed by atoms with Crippen LogP contribution in [-0.2, 0) is 6.42 Å². The van der Waals surface area contributed by atoms with Gasteiger partial charge in [-0.3, -0.25) is 4.79 Å². The lowest BCUT2D eigenvalue weighted by atomic mass is 10.1. The predicted molar refractivity (Wildman–Crippen MR) is 84.1 cm³/mol. The van der Waals surface area contributed by atoms with Crippen LogP contribution in [0.1, 0.15) is 21.5 Å². The van der Waals surface area contributed by atoms with Gasteiger partial charge in [-0.25, -0.2) is 0 Å². The Morgan fingerprint density at radius 1 is 1.20 bits per heavy atom. The first-order valence-corrected chi connectivity index (χ1v) is 7.17. The van der Waals surface area contributed by atoms with E-state index in [2.05, 4.69) is 21.2 Å². The first-order valence-electron chi connectivity index (χ1n) is 6.37. The van der Waals surface area contributed by atoms with Gasteiger partial charge in [-0.2, -0.15) is 0 Å². The average Bonchev–Trinajstić information content (AvgIpc) is 2.41. The molecule has 0 aromatic heterocycles. The number of anilines is 1. The fraction of sp³-hybridized carbons (Fsp3) is 0.188. The van der Waals surface area contributed by atoms with Crippen LogP contribution in [0.5, 0.6) is 0 Å². The molecule has 0 spiro atoms. The highest BCUT2D eigenvalue weighted by Gasteiger charge is 2.09. The van der Waals surface area contributed by atoms with E-state index in [1.54, 1.807) is 6.07 Å². The first-order chi connectivity index (χ1) is 9.60. The minimum absolute atomic E-state index is 0.120. The molecule has 0 heterocycles. The van der Waals surface area contributed by atoms with Crippen molar-refractivity contribution in [2.24, 2.45) is 0 Å². The Morgan fingerprint density at radius 3 is 2.50 bits per heavy atom. The molecule has 4 heteroatoms. The van der Waals surface area contributed by atoms with Gasteiger partial charge in [-0.1, -0.05) is 28.1 Å². The molecule has 104 valence electrons. The zero-order valence-electron chi connectivity index (χ0n) is 11.2. The highest BCUT2D eigenvalue weighted by molar-refractivity contribution is 9.10. The number of amides is 1. The summed E-state index contributed by atoms with van der Waals surface area (Å²) < 4.78 is 0.958. The van der Waals surface area contributed by atoms with Gasteiger partial charge in [0.2, 0.25) is 0 Å². The number of hydrogen-bond acceptors (Lipinski definition) is 2. The largest absolute Gasteiger partial charge is 0.396 e. The van der Waals surface area contributed by atoms with Crippen molar-refractivity contribution >= 4 is 27.5 Å². The number of rotatable bonds is 4. The third-order valence-corrected chi connectivity index (χ3v) is 3.54. The summed E-state index contributed by atoms with van der Waals surface area (Å²) in [6.07, 6.45) is 0.625. The molecule has 2 aromatic carbocycles. The van der Waals surface area contributed by atoms with E-state index in [1.165, 1.54) is 0 Å². The molecule has 0 saturated carbocycles. The topological polar surface area (TPSA) is 49.3 Å². The van der Waals surface area contributed by atoms with Gasteiger partial charge < -0.3 is 10.4 Å². The molecule has 0 bridgehead atoms. The van der Waals surface area contributed by atoms with E-state index < -0.39 is 0 Å². The molecule has 0 aliphatic rings. The number of halogens is 1. The number of carbonyl (C=O) groups excluding carboxylic acids is 1. The minimum Gasteiger partial charge on any atom is -0.396 e. The van der Waals surface area contributed by atoms with Crippen LogP contribution >= 0.6 is 15.9 Å². The zero-order chi connectivity index (χ0) is 14.5. The molecular weight excluding hydrogens is 318 g/mol. The van der Waals surface area contributed by atoms with Crippen LogP contribution in [0.2, 0.25) is 0 Å². The normalized spacial score (nSPS) is 10.3. The summed E-state index contributed by atoms with van der Waals surface area (Å²) in [6.45, 7) is 2.04. The van der Waals surface area contributed by atoms with Gasteiger partial charge in [-0.15, -0.1) is 0 Å². The number of aliphatic hydroxyl groups is 1. The SMILES string of the molecule is Cc1cc(Br)ccc1C(=O)Nc1ccc(CCO)cc1. The molecule has 2 aromatic rings. The zero-order valence-corrected chi connectivity index (χ0v) is 12.8. The van der Waals surface area contributed by atoms with E-state index in [9.17, 15) is 4.79 Å². The molecule has 0 saturated heterocycles. The third-order valence-electron chi connectivity index (χ3n) is 3.05. The average molecular weight is 334 g/mol. The molecule has 20 heavy (non-hydrogen) atoms. The Kier molecular flexibility index (Phi) is 4.93. The standard InChI is InChI=1S/C16H16BrNO2/c1-11-10-13(17)4-7-15(11)16(20)18-14-5-2-12(3-6-14)8-9-19/h2-7,10,19H,8-9H2,1H3,(H,18,20). The molecule has 3 nitrogen and oxygen atoms in total. The van der Waals surface area contributed by atoms with E-state index in [4.69, 9.17) is 5.11 Å². The summed E-state index contributed by atoms with van der Waals surface area (Å²) in [7, 11) is 0. The van der Waals surface area contributed by atoms with Gasteiger partial charge in [0.05, 0.1) is 0 Å². The Bertz CT molecular complexity index is 608. The molecule has 1 amide bonds. The fourth-order valence-electron chi connectivity index (χ4n) is 1.96. The number of benzene rings is 2. The predicted octanol–water partition coefficient (Wildman–Crippen LogP) is 3.54. The maximum atomic E-state index is 12.2. The van der Waals surface area contributed by atoms with Gasteiger partial charge in [0.25, 0.3) is 5.91 Å². The maximum Gasteiger partial charge on any atom is 0.255 e. The van der Waals surface area contributed by atoms with Crippen molar-refractivity contribution in [3.8, 4) is 0 Å². The van der Waals surface area contributed by atoms with E-state index in [0.717, 1.165) is 21.3 Å². The van der Waals surface area contributed by atoms with Crippen LogP contribution in [-0.4, -0.2) is 17.6 Å². The van der Waals surface area contributed by atoms with Crippen molar-refractivity contribution in [1.82, 2.24) is 0 Å². The lowest BCUT2D eigenvalue weighted by molar-refractivity contribution is 0.102. The Hall–Kier alpha value is -1.65. The summed E-state index contributed by atoms with van der Waals surface area (Å²) >= 11 is 3.38. The Balaban J connectivity index is 2.11. The molecular formula is C16H16BrNO2. The van der Waals surface area contributed by atoms with Crippen LogP contribution in [0.4, 0.5) is 5.69 Å². The Morgan fingerprint density at radius 2 is 1.90 bits per heavy atom. The summed E-state index contributed by atoms with van der Waals surface area (Å²) in [4.78, 5) is 12.2. The van der Waals surface area contributed by atoms with Crippen molar-refractivity contribution in [2.75, 3.05) is 11.9 Å². The van der Waals surface area contributed by atoms with Crippen molar-refractivity contribution in [1.29, 1.82) is 0 Å². The fourth-order valence-corrected chi connectivity index (χ4v) is 2.44. The minimum atomic E-state index is -0.120. The van der Waals surface area contributed by atoms with Crippen LogP contribution in [0.25, 0.3) is 0 Å². The second-order valence-electron chi connectivity index (χ2n) is 4.58. The smallest absolute Gasteiger partial charge is 0.255 e. The van der Waals surface area contributed by atoms with Gasteiger partial charge in [0.1, 0.15) is 0 Å². The highest BCUT2D eigenvalue weighted by Crippen LogP contribution is 2.18. The number of aryl methyl sites for hydroxylation is 1. The lowest BCUT2D eigenvalue weighted by Crippen LogP contribution is -2.13. The molecule has 0 radical (unpaired) electrons. The summed E-state index contributed by atoms with van der Waals surface area (Å²) in [5.41, 5.74) is 3.38. The number of carbonyl (C=O) groups is 1. The third kappa shape index (κ3) is 3.68. The quantitative estimate of drug-likeness (QED) is 0.898. The summed E-state index contributed by atoms with van der Waals surface area (Å²) in [5.74, 6) is -0.120. The van der Waals surface area contributed by atoms with Crippen LogP contribution < -0.4 is 5.32 Å². The second-order valence-corrected chi connectivity index (χ2v) is 5.50. The highest BCUT2D eigenvalue weighted by atomic mass is 79.9.